The highest BCUT2D eigenvalue weighted by molar-refractivity contribution is 9.10. The summed E-state index contributed by atoms with van der Waals surface area (Å²) in [6, 6.07) is 6.16. The Morgan fingerprint density at radius 3 is 2.71 bits per heavy atom. The summed E-state index contributed by atoms with van der Waals surface area (Å²) < 4.78 is 2.22. The number of pyridine rings is 1. The van der Waals surface area contributed by atoms with Gasteiger partial charge in [-0.05, 0) is 41.1 Å². The zero-order valence-corrected chi connectivity index (χ0v) is 10.7. The molecule has 0 bridgehead atoms. The van der Waals surface area contributed by atoms with E-state index in [9.17, 15) is 9.59 Å². The maximum atomic E-state index is 11.7. The molecule has 0 spiro atoms. The number of carboxylic acid groups (broad SMARTS) is 1. The van der Waals surface area contributed by atoms with Crippen LogP contribution in [0.2, 0.25) is 0 Å². The van der Waals surface area contributed by atoms with Crippen LogP contribution in [0.15, 0.2) is 33.5 Å². The monoisotopic (exact) mass is 295 g/mol. The van der Waals surface area contributed by atoms with Gasteiger partial charge in [0, 0.05) is 22.5 Å². The van der Waals surface area contributed by atoms with Crippen molar-refractivity contribution >= 4 is 32.8 Å². The van der Waals surface area contributed by atoms with Crippen molar-refractivity contribution in [2.24, 2.45) is 0 Å². The van der Waals surface area contributed by atoms with Crippen molar-refractivity contribution in [3.05, 3.63) is 44.7 Å². The lowest BCUT2D eigenvalue weighted by Crippen LogP contribution is -2.18. The second kappa shape index (κ2) is 4.33. The highest BCUT2D eigenvalue weighted by atomic mass is 79.9. The van der Waals surface area contributed by atoms with Gasteiger partial charge in [0.05, 0.1) is 11.1 Å². The van der Waals surface area contributed by atoms with Crippen LogP contribution < -0.4 is 5.56 Å². The first-order valence-corrected chi connectivity index (χ1v) is 5.90. The molecular formula is C12H10BrNO3. The number of hydrogen-bond acceptors (Lipinski definition) is 2. The highest BCUT2D eigenvalue weighted by Gasteiger charge is 2.10. The molecular weight excluding hydrogens is 286 g/mol. The molecule has 0 fully saturated rings. The van der Waals surface area contributed by atoms with E-state index in [0.29, 0.717) is 11.0 Å². The summed E-state index contributed by atoms with van der Waals surface area (Å²) in [5, 5.41) is 9.69. The van der Waals surface area contributed by atoms with Gasteiger partial charge in [-0.2, -0.15) is 0 Å². The number of aromatic nitrogens is 1. The van der Waals surface area contributed by atoms with E-state index in [4.69, 9.17) is 5.11 Å². The average molecular weight is 296 g/mol. The van der Waals surface area contributed by atoms with Gasteiger partial charge in [0.25, 0.3) is 5.56 Å². The van der Waals surface area contributed by atoms with Crippen molar-refractivity contribution in [1.82, 2.24) is 4.57 Å². The minimum absolute atomic E-state index is 0.0937. The topological polar surface area (TPSA) is 59.3 Å². The second-order valence-electron chi connectivity index (χ2n) is 3.62. The lowest BCUT2D eigenvalue weighted by atomic mass is 10.1. The molecule has 0 aliphatic rings. The number of hydrogen-bond donors (Lipinski definition) is 1. The summed E-state index contributed by atoms with van der Waals surface area (Å²) in [5.41, 5.74) is 0.833. The van der Waals surface area contributed by atoms with Crippen molar-refractivity contribution in [2.45, 2.75) is 13.5 Å². The predicted molar refractivity (Wildman–Crippen MR) is 68.5 cm³/mol. The van der Waals surface area contributed by atoms with Crippen molar-refractivity contribution < 1.29 is 9.90 Å². The molecule has 0 radical (unpaired) electrons. The molecule has 0 saturated carbocycles. The average Bonchev–Trinajstić information content (AvgIpc) is 2.29. The molecule has 1 aromatic heterocycles. The minimum Gasteiger partial charge on any atom is -0.478 e. The number of benzene rings is 1. The summed E-state index contributed by atoms with van der Waals surface area (Å²) in [4.78, 5) is 22.6. The van der Waals surface area contributed by atoms with Crippen LogP contribution in [0.25, 0.3) is 10.9 Å². The van der Waals surface area contributed by atoms with Crippen LogP contribution in [-0.2, 0) is 6.54 Å². The van der Waals surface area contributed by atoms with Crippen LogP contribution in [0.1, 0.15) is 17.3 Å². The molecule has 0 unspecified atom stereocenters. The normalized spacial score (nSPS) is 10.7. The first-order valence-electron chi connectivity index (χ1n) is 5.11. The van der Waals surface area contributed by atoms with Gasteiger partial charge in [0.2, 0.25) is 0 Å². The van der Waals surface area contributed by atoms with Crippen LogP contribution in [0.3, 0.4) is 0 Å². The van der Waals surface area contributed by atoms with Gasteiger partial charge in [-0.3, -0.25) is 4.79 Å². The molecule has 88 valence electrons. The lowest BCUT2D eigenvalue weighted by Gasteiger charge is -2.10. The fourth-order valence-electron chi connectivity index (χ4n) is 1.83. The van der Waals surface area contributed by atoms with Gasteiger partial charge in [-0.15, -0.1) is 0 Å². The molecule has 4 nitrogen and oxygen atoms in total. The van der Waals surface area contributed by atoms with E-state index in [1.54, 1.807) is 16.7 Å². The van der Waals surface area contributed by atoms with E-state index in [-0.39, 0.29) is 11.1 Å². The Hall–Kier alpha value is -1.62. The molecule has 0 aliphatic heterocycles. The van der Waals surface area contributed by atoms with E-state index in [0.717, 1.165) is 10.9 Å². The first kappa shape index (κ1) is 11.9. The number of carbonyl (C=O) groups is 1. The molecule has 0 aliphatic carbocycles. The highest BCUT2D eigenvalue weighted by Crippen LogP contribution is 2.24. The van der Waals surface area contributed by atoms with Gasteiger partial charge in [0.1, 0.15) is 0 Å². The smallest absolute Gasteiger partial charge is 0.335 e. The molecule has 2 rings (SSSR count). The summed E-state index contributed by atoms with van der Waals surface area (Å²) in [6.45, 7) is 2.42. The zero-order valence-electron chi connectivity index (χ0n) is 9.11. The Morgan fingerprint density at radius 2 is 2.12 bits per heavy atom. The zero-order chi connectivity index (χ0) is 12.6. The van der Waals surface area contributed by atoms with Crippen LogP contribution >= 0.6 is 15.9 Å². The SMILES string of the molecule is CCn1c(=O)ccc2cc(C(=O)O)cc(Br)c21. The summed E-state index contributed by atoms with van der Waals surface area (Å²) >= 11 is 3.32. The van der Waals surface area contributed by atoms with E-state index >= 15 is 0 Å². The Balaban J connectivity index is 2.90. The van der Waals surface area contributed by atoms with Crippen molar-refractivity contribution in [3.8, 4) is 0 Å². The van der Waals surface area contributed by atoms with E-state index in [1.807, 2.05) is 6.92 Å². The summed E-state index contributed by atoms with van der Waals surface area (Å²) in [6.07, 6.45) is 0. The molecule has 0 amide bonds. The van der Waals surface area contributed by atoms with Crippen LogP contribution in [-0.4, -0.2) is 15.6 Å². The number of halogens is 1. The third-order valence-electron chi connectivity index (χ3n) is 2.60. The predicted octanol–water partition coefficient (Wildman–Crippen LogP) is 2.48. The van der Waals surface area contributed by atoms with E-state index < -0.39 is 5.97 Å². The largest absolute Gasteiger partial charge is 0.478 e. The van der Waals surface area contributed by atoms with Gasteiger partial charge in [-0.25, -0.2) is 4.79 Å². The lowest BCUT2D eigenvalue weighted by molar-refractivity contribution is 0.0697. The number of rotatable bonds is 2. The second-order valence-corrected chi connectivity index (χ2v) is 4.47. The maximum Gasteiger partial charge on any atom is 0.335 e. The quantitative estimate of drug-likeness (QED) is 0.926. The Labute approximate surface area is 106 Å². The Kier molecular flexibility index (Phi) is 3.02. The van der Waals surface area contributed by atoms with Gasteiger partial charge < -0.3 is 9.67 Å². The number of nitrogens with zero attached hydrogens (tertiary/aromatic N) is 1. The number of carboxylic acids is 1. The molecule has 0 saturated heterocycles. The molecule has 1 aromatic carbocycles. The molecule has 5 heteroatoms. The fourth-order valence-corrected chi connectivity index (χ4v) is 2.52. The summed E-state index contributed by atoms with van der Waals surface area (Å²) in [5.74, 6) is -0.984. The molecule has 17 heavy (non-hydrogen) atoms. The Morgan fingerprint density at radius 1 is 1.41 bits per heavy atom. The van der Waals surface area contributed by atoms with Crippen LogP contribution in [0.5, 0.6) is 0 Å². The third kappa shape index (κ3) is 1.98. The van der Waals surface area contributed by atoms with E-state index in [1.165, 1.54) is 12.1 Å². The van der Waals surface area contributed by atoms with Crippen LogP contribution in [0, 0.1) is 0 Å². The van der Waals surface area contributed by atoms with Crippen molar-refractivity contribution in [1.29, 1.82) is 0 Å². The van der Waals surface area contributed by atoms with E-state index in [2.05, 4.69) is 15.9 Å². The van der Waals surface area contributed by atoms with Gasteiger partial charge in [-0.1, -0.05) is 0 Å². The van der Waals surface area contributed by atoms with Crippen molar-refractivity contribution in [2.75, 3.05) is 0 Å². The molecule has 1 heterocycles. The maximum absolute atomic E-state index is 11.7. The summed E-state index contributed by atoms with van der Waals surface area (Å²) in [7, 11) is 0. The number of aromatic carboxylic acids is 1. The molecule has 0 atom stereocenters. The number of fused-ring (bicyclic) bond motifs is 1. The minimum atomic E-state index is -0.984. The molecule has 2 aromatic rings. The fraction of sp³-hybridized carbons (Fsp3) is 0.167. The molecule has 1 N–H and O–H groups in total. The third-order valence-corrected chi connectivity index (χ3v) is 3.20. The van der Waals surface area contributed by atoms with Gasteiger partial charge >= 0.3 is 5.97 Å². The van der Waals surface area contributed by atoms with Crippen LogP contribution in [0.4, 0.5) is 0 Å². The Bertz CT molecular complexity index is 661. The first-order chi connectivity index (χ1) is 8.04. The van der Waals surface area contributed by atoms with Crippen molar-refractivity contribution in [3.63, 3.8) is 0 Å². The number of aryl methyl sites for hydroxylation is 1. The standard InChI is InChI=1S/C12H10BrNO3/c1-2-14-10(15)4-3-7-5-8(12(16)17)6-9(13)11(7)14/h3-6H,2H2,1H3,(H,16,17). The van der Waals surface area contributed by atoms with Gasteiger partial charge in [0.15, 0.2) is 0 Å².